The first-order valence-electron chi connectivity index (χ1n) is 7.92. The molecule has 0 heterocycles. The van der Waals surface area contributed by atoms with Gasteiger partial charge in [0.2, 0.25) is 0 Å². The Kier molecular flexibility index (Phi) is 552. The molecule has 0 fully saturated rings. The Morgan fingerprint density at radius 2 is 0.500 bits per heavy atom. The van der Waals surface area contributed by atoms with Gasteiger partial charge in [0.05, 0.1) is 0 Å². The molecule has 0 aromatic rings. The summed E-state index contributed by atoms with van der Waals surface area (Å²) in [5.41, 5.74) is 0. The molecule has 0 aliphatic rings. The molecule has 240 valence electrons. The summed E-state index contributed by atoms with van der Waals surface area (Å²) in [6.07, 6.45) is 2.08. The van der Waals surface area contributed by atoms with Crippen molar-refractivity contribution in [2.24, 2.45) is 0 Å². The monoisotopic (exact) mass is 608 g/mol. The Balaban J connectivity index is -0.0000000217. The van der Waals surface area contributed by atoms with Crippen molar-refractivity contribution < 1.29 is 119 Å². The van der Waals surface area contributed by atoms with Crippen LogP contribution in [0.5, 0.6) is 0 Å². The number of carboxylic acids is 1. The molecule has 0 saturated carbocycles. The van der Waals surface area contributed by atoms with Crippen LogP contribution >= 0.6 is 0 Å². The summed E-state index contributed by atoms with van der Waals surface area (Å²) in [5, 5.41) is 83.8. The molecule has 0 bridgehead atoms. The number of unbranched alkanes of at least 4 members (excludes halogenated alkanes) is 1. The lowest BCUT2D eigenvalue weighted by Crippen LogP contribution is -1.91. The molecule has 0 aliphatic carbocycles. The maximum absolute atomic E-state index is 9.76. The highest BCUT2D eigenvalue weighted by molar-refractivity contribution is 5.66. The van der Waals surface area contributed by atoms with Gasteiger partial charge in [-0.25, -0.2) is 0 Å². The van der Waals surface area contributed by atoms with E-state index in [0.717, 1.165) is 12.8 Å². The predicted molar refractivity (Wildman–Crippen MR) is 123 cm³/mol. The SMILES string of the molecule is CCCCC(=O)O.O=CO.O=CO.O=CO.O=CO.O=CO.O=CO.O=CO.O=CO.O=CO.O=CO.O=CO. The average Bonchev–Trinajstić information content (AvgIpc) is 2.83. The van der Waals surface area contributed by atoms with Crippen molar-refractivity contribution in [3.8, 4) is 0 Å². The van der Waals surface area contributed by atoms with Gasteiger partial charge >= 0.3 is 5.97 Å². The van der Waals surface area contributed by atoms with Gasteiger partial charge in [-0.1, -0.05) is 13.3 Å². The molecule has 0 atom stereocenters. The summed E-state index contributed by atoms with van der Waals surface area (Å²) in [4.78, 5) is 102. The second kappa shape index (κ2) is 289. The zero-order chi connectivity index (χ0) is 35.5. The lowest BCUT2D eigenvalue weighted by molar-refractivity contribution is -0.137. The van der Waals surface area contributed by atoms with Crippen molar-refractivity contribution in [3.05, 3.63) is 0 Å². The van der Waals surface area contributed by atoms with Crippen LogP contribution in [0.25, 0.3) is 0 Å². The standard InChI is InChI=1S/C5H10O2.11CH2O2/c1-2-3-4-5(6)7;11*2-1-3/h2-4H2,1H3,(H,6,7);11*1H,(H,2,3). The van der Waals surface area contributed by atoms with Crippen LogP contribution < -0.4 is 0 Å². The van der Waals surface area contributed by atoms with Gasteiger partial charge in [0.15, 0.2) is 0 Å². The Labute approximate surface area is 223 Å². The van der Waals surface area contributed by atoms with Gasteiger partial charge in [0.1, 0.15) is 0 Å². The van der Waals surface area contributed by atoms with E-state index < -0.39 is 5.97 Å². The number of aliphatic carboxylic acids is 1. The van der Waals surface area contributed by atoms with E-state index in [9.17, 15) is 4.79 Å². The van der Waals surface area contributed by atoms with Crippen LogP contribution in [0.1, 0.15) is 26.2 Å². The van der Waals surface area contributed by atoms with Crippen molar-refractivity contribution in [1.29, 1.82) is 0 Å². The maximum Gasteiger partial charge on any atom is 0.303 e. The highest BCUT2D eigenvalue weighted by atomic mass is 16.4. The second-order valence-electron chi connectivity index (χ2n) is 2.66. The van der Waals surface area contributed by atoms with E-state index in [1.165, 1.54) is 0 Å². The van der Waals surface area contributed by atoms with Gasteiger partial charge in [-0.15, -0.1) is 0 Å². The van der Waals surface area contributed by atoms with Gasteiger partial charge < -0.3 is 61.3 Å². The minimum absolute atomic E-state index is 0.250. The molecule has 0 unspecified atom stereocenters. The van der Waals surface area contributed by atoms with Crippen LogP contribution in [0.4, 0.5) is 0 Å². The Morgan fingerprint density at radius 1 is 0.400 bits per heavy atom. The molecule has 0 radical (unpaired) electrons. The lowest BCUT2D eigenvalue weighted by Gasteiger charge is -1.85. The third kappa shape index (κ3) is 5330. The number of carboxylic acid groups (broad SMARTS) is 12. The highest BCUT2D eigenvalue weighted by Crippen LogP contribution is 1.91. The van der Waals surface area contributed by atoms with Crippen LogP contribution in [0.2, 0.25) is 0 Å². The normalized spacial score (nSPS) is 4.83. The fourth-order valence-electron chi connectivity index (χ4n) is 0.328. The van der Waals surface area contributed by atoms with E-state index in [4.69, 9.17) is 114 Å². The van der Waals surface area contributed by atoms with Crippen molar-refractivity contribution in [1.82, 2.24) is 0 Å². The fraction of sp³-hybridized carbons (Fsp3) is 0.250. The molecule has 0 spiro atoms. The molecular formula is C16H32O24. The van der Waals surface area contributed by atoms with E-state index in [0.29, 0.717) is 6.42 Å². The Bertz CT molecular complexity index is 352. The van der Waals surface area contributed by atoms with Gasteiger partial charge in [0.25, 0.3) is 71.2 Å². The molecular weight excluding hydrogens is 576 g/mol. The van der Waals surface area contributed by atoms with Gasteiger partial charge in [-0.3, -0.25) is 57.5 Å². The fourth-order valence-corrected chi connectivity index (χ4v) is 0.328. The van der Waals surface area contributed by atoms with Crippen LogP contribution in [0, 0.1) is 0 Å². The van der Waals surface area contributed by atoms with Crippen LogP contribution in [0.15, 0.2) is 0 Å². The van der Waals surface area contributed by atoms with E-state index in [-0.39, 0.29) is 71.2 Å². The van der Waals surface area contributed by atoms with Gasteiger partial charge in [-0.05, 0) is 6.42 Å². The lowest BCUT2D eigenvalue weighted by atomic mass is 10.3. The quantitative estimate of drug-likeness (QED) is 0.154. The number of hydrogen-bond acceptors (Lipinski definition) is 12. The predicted octanol–water partition coefficient (Wildman–Crippen LogP) is -2.03. The Hall–Kier alpha value is -6.36. The molecule has 12 N–H and O–H groups in total. The van der Waals surface area contributed by atoms with Gasteiger partial charge in [-0.2, -0.15) is 0 Å². The molecule has 40 heavy (non-hydrogen) atoms. The van der Waals surface area contributed by atoms with E-state index >= 15 is 0 Å². The second-order valence-corrected chi connectivity index (χ2v) is 2.66. The summed E-state index contributed by atoms with van der Waals surface area (Å²) >= 11 is 0. The number of rotatable bonds is 3. The molecule has 0 aromatic heterocycles. The zero-order valence-electron chi connectivity index (χ0n) is 20.2. The van der Waals surface area contributed by atoms with Crippen LogP contribution in [0.3, 0.4) is 0 Å². The minimum Gasteiger partial charge on any atom is -0.483 e. The largest absolute Gasteiger partial charge is 0.483 e. The summed E-state index contributed by atoms with van der Waals surface area (Å²) in [7, 11) is 0. The van der Waals surface area contributed by atoms with Crippen molar-refractivity contribution in [2.75, 3.05) is 0 Å². The van der Waals surface area contributed by atoms with Crippen molar-refractivity contribution >= 4 is 77.2 Å². The topological polar surface area (TPSA) is 448 Å². The summed E-state index contributed by atoms with van der Waals surface area (Å²) in [5.74, 6) is -0.693. The molecule has 0 aromatic carbocycles. The minimum atomic E-state index is -0.693. The molecule has 0 amide bonds. The first-order chi connectivity index (χ1) is 18.8. The molecule has 24 nitrogen and oxygen atoms in total. The zero-order valence-corrected chi connectivity index (χ0v) is 20.2. The molecule has 0 aliphatic heterocycles. The maximum atomic E-state index is 9.76. The first kappa shape index (κ1) is 76.5. The summed E-state index contributed by atoms with van der Waals surface area (Å²) in [6, 6.07) is 0. The summed E-state index contributed by atoms with van der Waals surface area (Å²) < 4.78 is 0. The van der Waals surface area contributed by atoms with E-state index in [1.54, 1.807) is 0 Å². The highest BCUT2D eigenvalue weighted by Gasteiger charge is 1.90. The smallest absolute Gasteiger partial charge is 0.303 e. The third-order valence-electron chi connectivity index (χ3n) is 0.744. The molecule has 0 saturated heterocycles. The average molecular weight is 608 g/mol. The van der Waals surface area contributed by atoms with Crippen LogP contribution in [-0.2, 0) is 57.5 Å². The van der Waals surface area contributed by atoms with E-state index in [1.807, 2.05) is 6.92 Å². The Morgan fingerprint density at radius 3 is 0.525 bits per heavy atom. The molecule has 24 heteroatoms. The van der Waals surface area contributed by atoms with Crippen molar-refractivity contribution in [2.45, 2.75) is 26.2 Å². The molecule has 0 rings (SSSR count). The van der Waals surface area contributed by atoms with Gasteiger partial charge in [0, 0.05) is 6.42 Å². The third-order valence-corrected chi connectivity index (χ3v) is 0.744. The van der Waals surface area contributed by atoms with Crippen LogP contribution in [-0.4, -0.2) is 138 Å². The number of carbonyl (C=O) groups is 12. The van der Waals surface area contributed by atoms with Crippen molar-refractivity contribution in [3.63, 3.8) is 0 Å². The number of hydrogen-bond donors (Lipinski definition) is 12. The van der Waals surface area contributed by atoms with E-state index in [2.05, 4.69) is 0 Å². The first-order valence-corrected chi connectivity index (χ1v) is 7.92. The summed E-state index contributed by atoms with van der Waals surface area (Å²) in [6.45, 7) is -0.775.